The standard InChI is InChI=1S/C21H22N2O5/c24-19(25)14-28-18-8-4-5-16(13-18)21(27)23-11-9-15(10-12-23)20(26)22-17-6-2-1-3-7-17/h1-8,13,15H,9-12,14H2,(H,22,26)(H,24,25). The fourth-order valence-electron chi connectivity index (χ4n) is 3.16. The van der Waals surface area contributed by atoms with Crippen molar-refractivity contribution in [3.05, 3.63) is 60.2 Å². The third-order valence-corrected chi connectivity index (χ3v) is 4.64. The Bertz CT molecular complexity index is 845. The Hall–Kier alpha value is -3.35. The van der Waals surface area contributed by atoms with Crippen LogP contribution in [0.25, 0.3) is 0 Å². The van der Waals surface area contributed by atoms with Crippen molar-refractivity contribution in [2.24, 2.45) is 5.92 Å². The second-order valence-electron chi connectivity index (χ2n) is 6.63. The number of amides is 2. The van der Waals surface area contributed by atoms with Gasteiger partial charge in [0.15, 0.2) is 6.61 Å². The van der Waals surface area contributed by atoms with Crippen LogP contribution in [0.1, 0.15) is 23.2 Å². The van der Waals surface area contributed by atoms with Gasteiger partial charge in [-0.05, 0) is 43.2 Å². The maximum absolute atomic E-state index is 12.7. The minimum atomic E-state index is -1.08. The van der Waals surface area contributed by atoms with E-state index in [0.717, 1.165) is 5.69 Å². The molecule has 1 fully saturated rings. The zero-order chi connectivity index (χ0) is 19.9. The summed E-state index contributed by atoms with van der Waals surface area (Å²) >= 11 is 0. The number of aliphatic carboxylic acids is 1. The molecule has 0 aliphatic carbocycles. The number of carbonyl (C=O) groups is 3. The van der Waals surface area contributed by atoms with Crippen LogP contribution in [0.15, 0.2) is 54.6 Å². The number of anilines is 1. The van der Waals surface area contributed by atoms with Gasteiger partial charge in [-0.3, -0.25) is 9.59 Å². The van der Waals surface area contributed by atoms with E-state index in [-0.39, 0.29) is 17.7 Å². The van der Waals surface area contributed by atoms with Crippen molar-refractivity contribution in [3.8, 4) is 5.75 Å². The summed E-state index contributed by atoms with van der Waals surface area (Å²) in [5.41, 5.74) is 1.21. The first-order valence-corrected chi connectivity index (χ1v) is 9.13. The number of ether oxygens (including phenoxy) is 1. The molecule has 1 saturated heterocycles. The molecule has 0 bridgehead atoms. The number of nitrogens with one attached hydrogen (secondary N) is 1. The van der Waals surface area contributed by atoms with E-state index in [1.54, 1.807) is 29.2 Å². The number of carboxylic acids is 1. The summed E-state index contributed by atoms with van der Waals surface area (Å²) in [6, 6.07) is 15.8. The van der Waals surface area contributed by atoms with Crippen LogP contribution in [0.4, 0.5) is 5.69 Å². The molecule has 1 heterocycles. The van der Waals surface area contributed by atoms with Crippen molar-refractivity contribution in [1.82, 2.24) is 4.90 Å². The second kappa shape index (κ2) is 9.03. The van der Waals surface area contributed by atoms with E-state index in [1.807, 2.05) is 30.3 Å². The first-order valence-electron chi connectivity index (χ1n) is 9.13. The molecular formula is C21H22N2O5. The van der Waals surface area contributed by atoms with Crippen LogP contribution in [-0.4, -0.2) is 47.5 Å². The van der Waals surface area contributed by atoms with Gasteiger partial charge in [0.05, 0.1) is 0 Å². The molecule has 2 N–H and O–H groups in total. The fourth-order valence-corrected chi connectivity index (χ4v) is 3.16. The third kappa shape index (κ3) is 5.09. The molecule has 0 spiro atoms. The maximum atomic E-state index is 12.7. The highest BCUT2D eigenvalue weighted by Gasteiger charge is 2.28. The van der Waals surface area contributed by atoms with Crippen LogP contribution in [0.3, 0.4) is 0 Å². The number of benzene rings is 2. The lowest BCUT2D eigenvalue weighted by Gasteiger charge is -2.31. The molecule has 0 unspecified atom stereocenters. The van der Waals surface area contributed by atoms with Crippen molar-refractivity contribution in [2.45, 2.75) is 12.8 Å². The zero-order valence-corrected chi connectivity index (χ0v) is 15.3. The first kappa shape index (κ1) is 19.4. The van der Waals surface area contributed by atoms with E-state index in [9.17, 15) is 14.4 Å². The average Bonchev–Trinajstić information content (AvgIpc) is 2.73. The molecule has 0 aromatic heterocycles. The molecule has 0 atom stereocenters. The van der Waals surface area contributed by atoms with Crippen molar-refractivity contribution >= 4 is 23.5 Å². The predicted molar refractivity (Wildman–Crippen MR) is 103 cm³/mol. The summed E-state index contributed by atoms with van der Waals surface area (Å²) in [6.07, 6.45) is 1.19. The summed E-state index contributed by atoms with van der Waals surface area (Å²) in [4.78, 5) is 37.4. The SMILES string of the molecule is O=C(O)COc1cccc(C(=O)N2CCC(C(=O)Nc3ccccc3)CC2)c1. The summed E-state index contributed by atoms with van der Waals surface area (Å²) in [6.45, 7) is 0.525. The average molecular weight is 382 g/mol. The van der Waals surface area contributed by atoms with E-state index < -0.39 is 12.6 Å². The molecule has 7 heteroatoms. The lowest BCUT2D eigenvalue weighted by atomic mass is 9.95. The number of likely N-dealkylation sites (tertiary alicyclic amines) is 1. The van der Waals surface area contributed by atoms with E-state index in [2.05, 4.69) is 5.32 Å². The summed E-state index contributed by atoms with van der Waals surface area (Å²) in [5.74, 6) is -1.04. The number of para-hydroxylation sites is 1. The molecule has 1 aliphatic rings. The number of hydrogen-bond acceptors (Lipinski definition) is 4. The number of carboxylic acid groups (broad SMARTS) is 1. The molecule has 0 saturated carbocycles. The molecule has 2 amide bonds. The van der Waals surface area contributed by atoms with Crippen LogP contribution < -0.4 is 10.1 Å². The Morgan fingerprint density at radius 2 is 1.75 bits per heavy atom. The molecule has 1 aliphatic heterocycles. The smallest absolute Gasteiger partial charge is 0.341 e. The van der Waals surface area contributed by atoms with Crippen molar-refractivity contribution in [1.29, 1.82) is 0 Å². The normalized spacial score (nSPS) is 14.4. The lowest BCUT2D eigenvalue weighted by Crippen LogP contribution is -2.41. The molecular weight excluding hydrogens is 360 g/mol. The number of hydrogen-bond donors (Lipinski definition) is 2. The van der Waals surface area contributed by atoms with Gasteiger partial charge in [-0.2, -0.15) is 0 Å². The van der Waals surface area contributed by atoms with Gasteiger partial charge in [0.1, 0.15) is 5.75 Å². The van der Waals surface area contributed by atoms with Crippen LogP contribution in [0, 0.1) is 5.92 Å². The molecule has 7 nitrogen and oxygen atoms in total. The van der Waals surface area contributed by atoms with Crippen molar-refractivity contribution in [3.63, 3.8) is 0 Å². The fraction of sp³-hybridized carbons (Fsp3) is 0.286. The van der Waals surface area contributed by atoms with Gasteiger partial charge in [-0.1, -0.05) is 24.3 Å². The van der Waals surface area contributed by atoms with Gasteiger partial charge in [0.2, 0.25) is 5.91 Å². The predicted octanol–water partition coefficient (Wildman–Crippen LogP) is 2.64. The van der Waals surface area contributed by atoms with Crippen molar-refractivity contribution in [2.75, 3.05) is 25.0 Å². The summed E-state index contributed by atoms with van der Waals surface area (Å²) < 4.78 is 5.13. The molecule has 146 valence electrons. The van der Waals surface area contributed by atoms with Gasteiger partial charge in [0.25, 0.3) is 5.91 Å². The molecule has 0 radical (unpaired) electrons. The maximum Gasteiger partial charge on any atom is 0.341 e. The Morgan fingerprint density at radius 3 is 2.43 bits per heavy atom. The van der Waals surface area contributed by atoms with Crippen LogP contribution in [0.5, 0.6) is 5.75 Å². The highest BCUT2D eigenvalue weighted by molar-refractivity contribution is 5.95. The number of rotatable bonds is 6. The van der Waals surface area contributed by atoms with Crippen LogP contribution >= 0.6 is 0 Å². The minimum Gasteiger partial charge on any atom is -0.482 e. The van der Waals surface area contributed by atoms with Gasteiger partial charge < -0.3 is 20.1 Å². The monoisotopic (exact) mass is 382 g/mol. The highest BCUT2D eigenvalue weighted by atomic mass is 16.5. The van der Waals surface area contributed by atoms with Gasteiger partial charge in [-0.15, -0.1) is 0 Å². The minimum absolute atomic E-state index is 0.0256. The topological polar surface area (TPSA) is 95.9 Å². The molecule has 3 rings (SSSR count). The van der Waals surface area contributed by atoms with Gasteiger partial charge >= 0.3 is 5.97 Å². The Morgan fingerprint density at radius 1 is 1.04 bits per heavy atom. The van der Waals surface area contributed by atoms with Crippen LogP contribution in [-0.2, 0) is 9.59 Å². The van der Waals surface area contributed by atoms with E-state index in [0.29, 0.717) is 37.2 Å². The summed E-state index contributed by atoms with van der Waals surface area (Å²) in [5, 5.41) is 11.6. The Kier molecular flexibility index (Phi) is 6.26. The largest absolute Gasteiger partial charge is 0.482 e. The Labute approximate surface area is 162 Å². The molecule has 2 aromatic rings. The zero-order valence-electron chi connectivity index (χ0n) is 15.3. The number of nitrogens with zero attached hydrogens (tertiary/aromatic N) is 1. The van der Waals surface area contributed by atoms with Gasteiger partial charge in [-0.25, -0.2) is 4.79 Å². The van der Waals surface area contributed by atoms with E-state index in [1.165, 1.54) is 0 Å². The highest BCUT2D eigenvalue weighted by Crippen LogP contribution is 2.22. The molecule has 2 aromatic carbocycles. The van der Waals surface area contributed by atoms with Crippen molar-refractivity contribution < 1.29 is 24.2 Å². The Balaban J connectivity index is 1.54. The first-order chi connectivity index (χ1) is 13.5. The molecule has 28 heavy (non-hydrogen) atoms. The van der Waals surface area contributed by atoms with Crippen LogP contribution in [0.2, 0.25) is 0 Å². The summed E-state index contributed by atoms with van der Waals surface area (Å²) in [7, 11) is 0. The number of piperidine rings is 1. The quantitative estimate of drug-likeness (QED) is 0.801. The van der Waals surface area contributed by atoms with E-state index >= 15 is 0 Å². The second-order valence-corrected chi connectivity index (χ2v) is 6.63. The number of carbonyl (C=O) groups excluding carboxylic acids is 2. The van der Waals surface area contributed by atoms with Gasteiger partial charge in [0, 0.05) is 30.3 Å². The van der Waals surface area contributed by atoms with E-state index in [4.69, 9.17) is 9.84 Å². The third-order valence-electron chi connectivity index (χ3n) is 4.64. The lowest BCUT2D eigenvalue weighted by molar-refractivity contribution is -0.139.